The number of carbonyl (C=O) groups is 1. The van der Waals surface area contributed by atoms with E-state index in [1.165, 1.54) is 31.2 Å². The summed E-state index contributed by atoms with van der Waals surface area (Å²) < 4.78 is 2.29. The Hall–Kier alpha value is -2.66. The van der Waals surface area contributed by atoms with E-state index in [0.717, 1.165) is 68.0 Å². The summed E-state index contributed by atoms with van der Waals surface area (Å²) in [6, 6.07) is 16.6. The highest BCUT2D eigenvalue weighted by atomic mass is 16.2. The van der Waals surface area contributed by atoms with Gasteiger partial charge in [-0.2, -0.15) is 0 Å². The molecule has 0 unspecified atom stereocenters. The fourth-order valence-corrected chi connectivity index (χ4v) is 4.83. The smallest absolute Gasteiger partial charge is 0.254 e. The van der Waals surface area contributed by atoms with Gasteiger partial charge in [0.25, 0.3) is 5.91 Å². The van der Waals surface area contributed by atoms with Gasteiger partial charge in [-0.3, -0.25) is 9.69 Å². The molecule has 5 heteroatoms. The summed E-state index contributed by atoms with van der Waals surface area (Å²) in [5, 5.41) is 0. The Morgan fingerprint density at radius 1 is 0.892 bits per heavy atom. The van der Waals surface area contributed by atoms with Gasteiger partial charge in [0.05, 0.1) is 17.6 Å². The standard InChI is InChI=1S/C32H48N4O/c1-6-9-20-34(21-10-7-2)24-27-14-13-15-28(23-27)32(37)35(22-18-26(4)5)25-31-33-29-16-11-12-17-30(29)36(31)19-8-3/h11-17,23,26H,6-10,18-22,24-25H2,1-5H3. The van der Waals surface area contributed by atoms with Gasteiger partial charge < -0.3 is 9.47 Å². The van der Waals surface area contributed by atoms with Crippen molar-refractivity contribution >= 4 is 16.9 Å². The average Bonchev–Trinajstić information content (AvgIpc) is 3.24. The topological polar surface area (TPSA) is 41.4 Å². The van der Waals surface area contributed by atoms with E-state index in [1.807, 2.05) is 23.1 Å². The highest BCUT2D eigenvalue weighted by molar-refractivity contribution is 5.94. The van der Waals surface area contributed by atoms with E-state index in [2.05, 4.69) is 74.4 Å². The first-order valence-corrected chi connectivity index (χ1v) is 14.5. The average molecular weight is 505 g/mol. The van der Waals surface area contributed by atoms with Crippen LogP contribution >= 0.6 is 0 Å². The van der Waals surface area contributed by atoms with Crippen molar-refractivity contribution < 1.29 is 4.79 Å². The third-order valence-corrected chi connectivity index (χ3v) is 7.01. The molecule has 0 aliphatic heterocycles. The molecule has 1 heterocycles. The fraction of sp³-hybridized carbons (Fsp3) is 0.562. The van der Waals surface area contributed by atoms with Crippen molar-refractivity contribution in [2.75, 3.05) is 19.6 Å². The Bertz CT molecular complexity index is 1100. The minimum atomic E-state index is 0.103. The van der Waals surface area contributed by atoms with Crippen molar-refractivity contribution in [3.8, 4) is 0 Å². The van der Waals surface area contributed by atoms with Crippen molar-refractivity contribution in [3.05, 3.63) is 65.5 Å². The molecular weight excluding hydrogens is 456 g/mol. The number of benzene rings is 2. The summed E-state index contributed by atoms with van der Waals surface area (Å²) in [5.74, 6) is 1.61. The van der Waals surface area contributed by atoms with Crippen molar-refractivity contribution in [2.45, 2.75) is 92.8 Å². The van der Waals surface area contributed by atoms with Crippen LogP contribution < -0.4 is 0 Å². The van der Waals surface area contributed by atoms with E-state index in [9.17, 15) is 4.79 Å². The first-order valence-electron chi connectivity index (χ1n) is 14.5. The first kappa shape index (κ1) is 28.9. The molecule has 3 aromatic rings. The number of carbonyl (C=O) groups excluding carboxylic acids is 1. The molecular formula is C32H48N4O. The maximum Gasteiger partial charge on any atom is 0.254 e. The Labute approximate surface area is 224 Å². The summed E-state index contributed by atoms with van der Waals surface area (Å²) in [5.41, 5.74) is 4.16. The van der Waals surface area contributed by atoms with Crippen molar-refractivity contribution in [1.82, 2.24) is 19.4 Å². The molecule has 202 valence electrons. The zero-order chi connectivity index (χ0) is 26.6. The number of amides is 1. The first-order chi connectivity index (χ1) is 18.0. The maximum absolute atomic E-state index is 13.9. The van der Waals surface area contributed by atoms with E-state index < -0.39 is 0 Å². The number of para-hydroxylation sites is 2. The van der Waals surface area contributed by atoms with Crippen LogP contribution in [0, 0.1) is 5.92 Å². The maximum atomic E-state index is 13.9. The van der Waals surface area contributed by atoms with Crippen molar-refractivity contribution in [2.24, 2.45) is 5.92 Å². The molecule has 0 aliphatic rings. The van der Waals surface area contributed by atoms with Crippen LogP contribution in [0.15, 0.2) is 48.5 Å². The lowest BCUT2D eigenvalue weighted by atomic mass is 10.1. The number of rotatable bonds is 16. The summed E-state index contributed by atoms with van der Waals surface area (Å²) in [7, 11) is 0. The summed E-state index contributed by atoms with van der Waals surface area (Å²) >= 11 is 0. The number of aromatic nitrogens is 2. The summed E-state index contributed by atoms with van der Waals surface area (Å²) in [6.07, 6.45) is 6.83. The van der Waals surface area contributed by atoms with Gasteiger partial charge in [-0.15, -0.1) is 0 Å². The molecule has 5 nitrogen and oxygen atoms in total. The lowest BCUT2D eigenvalue weighted by molar-refractivity contribution is 0.0729. The van der Waals surface area contributed by atoms with Gasteiger partial charge in [-0.05, 0) is 74.5 Å². The van der Waals surface area contributed by atoms with E-state index in [4.69, 9.17) is 4.98 Å². The minimum absolute atomic E-state index is 0.103. The third-order valence-electron chi connectivity index (χ3n) is 7.01. The van der Waals surface area contributed by atoms with E-state index in [1.54, 1.807) is 0 Å². The number of unbranched alkanes of at least 4 members (excludes halogenated alkanes) is 2. The molecule has 2 aromatic carbocycles. The molecule has 0 spiro atoms. The van der Waals surface area contributed by atoms with Gasteiger partial charge in [0, 0.05) is 25.2 Å². The largest absolute Gasteiger partial charge is 0.331 e. The molecule has 0 saturated heterocycles. The van der Waals surface area contributed by atoms with E-state index >= 15 is 0 Å². The van der Waals surface area contributed by atoms with Crippen LogP contribution in [0.25, 0.3) is 11.0 Å². The molecule has 0 fully saturated rings. The highest BCUT2D eigenvalue weighted by Gasteiger charge is 2.21. The third kappa shape index (κ3) is 8.43. The number of imidazole rings is 1. The van der Waals surface area contributed by atoms with Gasteiger partial charge in [0.1, 0.15) is 5.82 Å². The van der Waals surface area contributed by atoms with Gasteiger partial charge in [0.2, 0.25) is 0 Å². The molecule has 0 aliphatic carbocycles. The number of fused-ring (bicyclic) bond motifs is 1. The minimum Gasteiger partial charge on any atom is -0.331 e. The van der Waals surface area contributed by atoms with E-state index in [-0.39, 0.29) is 5.91 Å². The quantitative estimate of drug-likeness (QED) is 0.202. The van der Waals surface area contributed by atoms with Gasteiger partial charge in [0.15, 0.2) is 0 Å². The summed E-state index contributed by atoms with van der Waals surface area (Å²) in [6.45, 7) is 16.4. The molecule has 0 N–H and O–H groups in total. The SMILES string of the molecule is CCCCN(CCCC)Cc1cccc(C(=O)N(CCC(C)C)Cc2nc3ccccc3n2CCC)c1. The molecule has 0 saturated carbocycles. The zero-order valence-electron chi connectivity index (χ0n) is 23.9. The Morgan fingerprint density at radius 2 is 1.62 bits per heavy atom. The highest BCUT2D eigenvalue weighted by Crippen LogP contribution is 2.20. The molecule has 37 heavy (non-hydrogen) atoms. The Balaban J connectivity index is 1.85. The Morgan fingerprint density at radius 3 is 2.30 bits per heavy atom. The molecule has 0 radical (unpaired) electrons. The molecule has 1 amide bonds. The van der Waals surface area contributed by atoms with Crippen LogP contribution in [0.4, 0.5) is 0 Å². The van der Waals surface area contributed by atoms with Crippen LogP contribution in [-0.2, 0) is 19.6 Å². The number of hydrogen-bond donors (Lipinski definition) is 0. The molecule has 0 bridgehead atoms. The second-order valence-corrected chi connectivity index (χ2v) is 10.8. The van der Waals surface area contributed by atoms with Crippen molar-refractivity contribution in [1.29, 1.82) is 0 Å². The molecule has 3 rings (SSSR count). The monoisotopic (exact) mass is 504 g/mol. The van der Waals surface area contributed by atoms with E-state index in [0.29, 0.717) is 12.5 Å². The lowest BCUT2D eigenvalue weighted by Crippen LogP contribution is -2.33. The number of hydrogen-bond acceptors (Lipinski definition) is 3. The van der Waals surface area contributed by atoms with Crippen molar-refractivity contribution in [3.63, 3.8) is 0 Å². The van der Waals surface area contributed by atoms with Gasteiger partial charge >= 0.3 is 0 Å². The zero-order valence-corrected chi connectivity index (χ0v) is 23.9. The van der Waals surface area contributed by atoms with Crippen LogP contribution in [-0.4, -0.2) is 44.9 Å². The second-order valence-electron chi connectivity index (χ2n) is 10.8. The summed E-state index contributed by atoms with van der Waals surface area (Å²) in [4.78, 5) is 23.4. The van der Waals surface area contributed by atoms with Gasteiger partial charge in [-0.1, -0.05) is 71.7 Å². The van der Waals surface area contributed by atoms with Crippen LogP contribution in [0.2, 0.25) is 0 Å². The fourth-order valence-electron chi connectivity index (χ4n) is 4.83. The molecule has 1 aromatic heterocycles. The van der Waals surface area contributed by atoms with Gasteiger partial charge in [-0.25, -0.2) is 4.98 Å². The number of aryl methyl sites for hydroxylation is 1. The van der Waals surface area contributed by atoms with Crippen LogP contribution in [0.1, 0.15) is 94.9 Å². The molecule has 0 atom stereocenters. The normalized spacial score (nSPS) is 11.6. The van der Waals surface area contributed by atoms with Crippen LogP contribution in [0.3, 0.4) is 0 Å². The lowest BCUT2D eigenvalue weighted by Gasteiger charge is -2.25. The predicted octanol–water partition coefficient (Wildman–Crippen LogP) is 7.54. The predicted molar refractivity (Wildman–Crippen MR) is 156 cm³/mol. The van der Waals surface area contributed by atoms with Crippen LogP contribution in [0.5, 0.6) is 0 Å². The number of nitrogens with zero attached hydrogens (tertiary/aromatic N) is 4. The Kier molecular flexibility index (Phi) is 11.7. The second kappa shape index (κ2) is 14.9.